The van der Waals surface area contributed by atoms with E-state index in [0.717, 1.165) is 32.1 Å². The van der Waals surface area contributed by atoms with Crippen molar-refractivity contribution in [2.45, 2.75) is 266 Å². The average Bonchev–Trinajstić information content (AvgIpc) is 3.12. The van der Waals surface area contributed by atoms with Gasteiger partial charge in [0.25, 0.3) is 0 Å². The second kappa shape index (κ2) is 45.4. The highest BCUT2D eigenvalue weighted by molar-refractivity contribution is 9.10. The van der Waals surface area contributed by atoms with Gasteiger partial charge in [-0.3, -0.25) is 9.59 Å². The Balaban J connectivity index is -0.000000785. The minimum atomic E-state index is -0.113. The Kier molecular flexibility index (Phi) is 48.2. The van der Waals surface area contributed by atoms with E-state index in [9.17, 15) is 9.59 Å². The summed E-state index contributed by atoms with van der Waals surface area (Å²) in [5.74, 6) is 1.49. The van der Waals surface area contributed by atoms with E-state index >= 15 is 0 Å². The van der Waals surface area contributed by atoms with E-state index in [1.807, 2.05) is 0 Å². The second-order valence-electron chi connectivity index (χ2n) is 16.5. The summed E-state index contributed by atoms with van der Waals surface area (Å²) >= 11 is 3.34. The monoisotopic (exact) mass is 809 g/mol. The molecule has 53 heavy (non-hydrogen) atoms. The SMILES string of the molecule is CCCCCCC(Br)C(C)=O.CCCCCCCCCCC[C@@H](C)CC#N.CCCCCCCCCCC[C@@H](C)CC(=N)C(CCCCCC)C(C)=O. The molecule has 0 aromatic carbocycles. The number of hydrogen-bond acceptors (Lipinski definition) is 4. The molecule has 0 amide bonds. The van der Waals surface area contributed by atoms with Crippen molar-refractivity contribution >= 4 is 33.2 Å². The van der Waals surface area contributed by atoms with Crippen LogP contribution in [0.1, 0.15) is 261 Å². The highest BCUT2D eigenvalue weighted by Gasteiger charge is 2.21. The highest BCUT2D eigenvalue weighted by atomic mass is 79.9. The lowest BCUT2D eigenvalue weighted by molar-refractivity contribution is -0.119. The van der Waals surface area contributed by atoms with Gasteiger partial charge in [-0.1, -0.05) is 231 Å². The molecule has 0 heterocycles. The normalized spacial score (nSPS) is 13.1. The Morgan fingerprint density at radius 2 is 0.830 bits per heavy atom. The van der Waals surface area contributed by atoms with Crippen LogP contribution in [0.15, 0.2) is 0 Å². The maximum absolute atomic E-state index is 11.9. The van der Waals surface area contributed by atoms with E-state index in [0.29, 0.717) is 17.5 Å². The molecule has 0 saturated heterocycles. The lowest BCUT2D eigenvalue weighted by Crippen LogP contribution is -2.23. The summed E-state index contributed by atoms with van der Waals surface area (Å²) in [6.07, 6.45) is 40.4. The molecule has 0 spiro atoms. The minimum absolute atomic E-state index is 0.0966. The van der Waals surface area contributed by atoms with Crippen molar-refractivity contribution in [3.8, 4) is 6.07 Å². The van der Waals surface area contributed by atoms with Gasteiger partial charge >= 0.3 is 0 Å². The number of hydrogen-bond donors (Lipinski definition) is 1. The molecule has 0 aliphatic heterocycles. The van der Waals surface area contributed by atoms with Gasteiger partial charge in [0, 0.05) is 12.1 Å². The maximum atomic E-state index is 11.9. The Bertz CT molecular complexity index is 838. The molecule has 0 saturated carbocycles. The van der Waals surface area contributed by atoms with Crippen LogP contribution in [0.2, 0.25) is 0 Å². The molecule has 0 radical (unpaired) electrons. The number of carbonyl (C=O) groups is 2. The molecule has 4 nitrogen and oxygen atoms in total. The Hall–Kier alpha value is -1.02. The van der Waals surface area contributed by atoms with Crippen molar-refractivity contribution in [3.05, 3.63) is 0 Å². The summed E-state index contributed by atoms with van der Waals surface area (Å²) in [5.41, 5.74) is 0.692. The van der Waals surface area contributed by atoms with Gasteiger partial charge < -0.3 is 5.41 Å². The summed E-state index contributed by atoms with van der Waals surface area (Å²) in [4.78, 5) is 22.8. The Morgan fingerprint density at radius 3 is 1.19 bits per heavy atom. The predicted octanol–water partition coefficient (Wildman–Crippen LogP) is 16.9. The van der Waals surface area contributed by atoms with Crippen molar-refractivity contribution < 1.29 is 9.59 Å². The molecule has 0 aliphatic carbocycles. The Labute approximate surface area is 341 Å². The van der Waals surface area contributed by atoms with Crippen LogP contribution in [0.25, 0.3) is 0 Å². The average molecular weight is 810 g/mol. The fraction of sp³-hybridized carbons (Fsp3) is 0.917. The van der Waals surface area contributed by atoms with Crippen molar-refractivity contribution in [1.82, 2.24) is 0 Å². The van der Waals surface area contributed by atoms with Gasteiger partial charge in [0.2, 0.25) is 0 Å². The summed E-state index contributed by atoms with van der Waals surface area (Å²) in [5, 5.41) is 16.9. The highest BCUT2D eigenvalue weighted by Crippen LogP contribution is 2.21. The fourth-order valence-electron chi connectivity index (χ4n) is 6.84. The van der Waals surface area contributed by atoms with Crippen LogP contribution in [-0.2, 0) is 9.59 Å². The molecule has 0 fully saturated rings. The van der Waals surface area contributed by atoms with Crippen LogP contribution >= 0.6 is 15.9 Å². The van der Waals surface area contributed by atoms with E-state index in [1.54, 1.807) is 13.8 Å². The molecule has 5 heteroatoms. The van der Waals surface area contributed by atoms with Crippen LogP contribution in [0, 0.1) is 34.5 Å². The largest absolute Gasteiger partial charge is 0.309 e. The van der Waals surface area contributed by atoms with Gasteiger partial charge in [0.05, 0.1) is 16.8 Å². The quantitative estimate of drug-likeness (QED) is 0.0389. The lowest BCUT2D eigenvalue weighted by Gasteiger charge is -2.18. The smallest absolute Gasteiger partial charge is 0.143 e. The van der Waals surface area contributed by atoms with Gasteiger partial charge in [-0.05, 0) is 51.4 Å². The summed E-state index contributed by atoms with van der Waals surface area (Å²) in [6, 6.07) is 2.25. The first kappa shape index (κ1) is 56.3. The molecule has 0 bridgehead atoms. The number of halogens is 1. The zero-order valence-corrected chi connectivity index (χ0v) is 38.7. The number of nitrogens with one attached hydrogen (secondary N) is 1. The van der Waals surface area contributed by atoms with Crippen molar-refractivity contribution in [2.24, 2.45) is 17.8 Å². The number of nitrogens with zero attached hydrogens (tertiary/aromatic N) is 1. The number of carbonyl (C=O) groups excluding carboxylic acids is 2. The number of alkyl halides is 1. The van der Waals surface area contributed by atoms with Crippen LogP contribution < -0.4 is 0 Å². The molecule has 0 aromatic rings. The molecule has 0 aliphatic rings. The third-order valence-corrected chi connectivity index (χ3v) is 11.7. The zero-order chi connectivity index (χ0) is 40.4. The number of rotatable bonds is 36. The number of nitriles is 1. The van der Waals surface area contributed by atoms with E-state index in [2.05, 4.69) is 63.5 Å². The summed E-state index contributed by atoms with van der Waals surface area (Å²) in [7, 11) is 0. The third-order valence-electron chi connectivity index (χ3n) is 10.6. The van der Waals surface area contributed by atoms with E-state index in [4.69, 9.17) is 10.7 Å². The molecule has 1 N–H and O–H groups in total. The number of Topliss-reactive ketones (excluding diaryl/α,β-unsaturated/α-hetero) is 2. The van der Waals surface area contributed by atoms with Gasteiger partial charge in [-0.2, -0.15) is 5.26 Å². The van der Waals surface area contributed by atoms with Crippen molar-refractivity contribution in [1.29, 1.82) is 10.7 Å². The zero-order valence-electron chi connectivity index (χ0n) is 37.1. The minimum Gasteiger partial charge on any atom is -0.309 e. The summed E-state index contributed by atoms with van der Waals surface area (Å²) in [6.45, 7) is 16.7. The molecule has 4 atom stereocenters. The van der Waals surface area contributed by atoms with E-state index in [-0.39, 0.29) is 22.3 Å². The molecule has 0 rings (SSSR count). The first-order chi connectivity index (χ1) is 25.5. The van der Waals surface area contributed by atoms with E-state index < -0.39 is 0 Å². The van der Waals surface area contributed by atoms with E-state index in [1.165, 1.54) is 173 Å². The first-order valence-corrected chi connectivity index (χ1v) is 24.0. The molecular weight excluding hydrogens is 716 g/mol. The molecule has 0 aromatic heterocycles. The van der Waals surface area contributed by atoms with Crippen LogP contribution in [0.3, 0.4) is 0 Å². The third kappa shape index (κ3) is 45.3. The number of unbranched alkanes of at least 4 members (excludes halogenated alkanes) is 22. The van der Waals surface area contributed by atoms with Gasteiger partial charge in [0.1, 0.15) is 11.6 Å². The maximum Gasteiger partial charge on any atom is 0.143 e. The predicted molar refractivity (Wildman–Crippen MR) is 240 cm³/mol. The van der Waals surface area contributed by atoms with Gasteiger partial charge in [-0.25, -0.2) is 0 Å². The Morgan fingerprint density at radius 1 is 0.509 bits per heavy atom. The molecule has 2 unspecified atom stereocenters. The van der Waals surface area contributed by atoms with Crippen molar-refractivity contribution in [2.75, 3.05) is 0 Å². The topological polar surface area (TPSA) is 81.8 Å². The van der Waals surface area contributed by atoms with Crippen LogP contribution in [0.4, 0.5) is 0 Å². The number of ketones is 2. The van der Waals surface area contributed by atoms with Gasteiger partial charge in [-0.15, -0.1) is 0 Å². The first-order valence-electron chi connectivity index (χ1n) is 23.1. The molecule has 314 valence electrons. The summed E-state index contributed by atoms with van der Waals surface area (Å²) < 4.78 is 0. The molecular formula is C48H93BrN2O2. The second-order valence-corrected chi connectivity index (χ2v) is 17.6. The van der Waals surface area contributed by atoms with Crippen LogP contribution in [-0.4, -0.2) is 22.1 Å². The van der Waals surface area contributed by atoms with Gasteiger partial charge in [0.15, 0.2) is 0 Å². The lowest BCUT2D eigenvalue weighted by atomic mass is 9.86. The van der Waals surface area contributed by atoms with Crippen molar-refractivity contribution in [3.63, 3.8) is 0 Å². The van der Waals surface area contributed by atoms with Crippen LogP contribution in [0.5, 0.6) is 0 Å². The standard InChI is InChI=1S/C24H47NO.C15H29N.C9H17BrO/c1-5-7-9-11-12-13-14-15-16-18-21(3)20-24(25)23(22(4)26)19-17-10-8-6-2;1-3-4-5-6-7-8-9-10-11-12-15(2)13-14-16;1-3-4-5-6-7-9(10)8(2)11/h21,23,25H,5-20H2,1-4H3;15H,3-13H2,1-2H3;9H,3-7H2,1-2H3/t21-,23?;15-;/m11./s1. The fourth-order valence-corrected chi connectivity index (χ4v) is 7.16.